The van der Waals surface area contributed by atoms with Crippen molar-refractivity contribution in [2.24, 2.45) is 0 Å². The van der Waals surface area contributed by atoms with Gasteiger partial charge in [-0.15, -0.1) is 0 Å². The van der Waals surface area contributed by atoms with E-state index in [4.69, 9.17) is 14.2 Å². The summed E-state index contributed by atoms with van der Waals surface area (Å²) in [5.74, 6) is -0.499. The molecule has 0 atom stereocenters. The number of alkyl halides is 1. The fourth-order valence-electron chi connectivity index (χ4n) is 3.23. The Morgan fingerprint density at radius 1 is 0.875 bits per heavy atom. The molecule has 0 heterocycles. The van der Waals surface area contributed by atoms with Crippen LogP contribution in [0.15, 0.2) is 24.3 Å². The van der Waals surface area contributed by atoms with E-state index in [0.29, 0.717) is 25.9 Å². The van der Waals surface area contributed by atoms with Gasteiger partial charge in [0.2, 0.25) is 5.91 Å². The molecular formula is C24H36FNO6. The largest absolute Gasteiger partial charge is 0.494 e. The molecule has 8 heteroatoms. The Balaban J connectivity index is 2.64. The molecule has 0 spiro atoms. The second kappa shape index (κ2) is 15.2. The van der Waals surface area contributed by atoms with Gasteiger partial charge in [-0.3, -0.25) is 18.8 Å². The van der Waals surface area contributed by atoms with Gasteiger partial charge in [-0.1, -0.05) is 31.4 Å². The van der Waals surface area contributed by atoms with Crippen LogP contribution >= 0.6 is 0 Å². The van der Waals surface area contributed by atoms with Crippen molar-refractivity contribution in [3.8, 4) is 5.75 Å². The van der Waals surface area contributed by atoms with E-state index in [1.54, 1.807) is 0 Å². The molecule has 0 aliphatic carbocycles. The van der Waals surface area contributed by atoms with E-state index >= 15 is 0 Å². The van der Waals surface area contributed by atoms with Crippen LogP contribution in [0.25, 0.3) is 0 Å². The molecule has 0 saturated heterocycles. The van der Waals surface area contributed by atoms with Gasteiger partial charge in [0.25, 0.3) is 0 Å². The van der Waals surface area contributed by atoms with Crippen molar-refractivity contribution in [3.05, 3.63) is 29.8 Å². The summed E-state index contributed by atoms with van der Waals surface area (Å²) in [5, 5.41) is 2.80. The molecule has 0 aliphatic heterocycles. The first kappa shape index (κ1) is 27.4. The van der Waals surface area contributed by atoms with Gasteiger partial charge < -0.3 is 19.5 Å². The molecule has 180 valence electrons. The number of amides is 1. The molecule has 7 nitrogen and oxygen atoms in total. The number of esters is 2. The minimum Gasteiger partial charge on any atom is -0.494 e. The highest BCUT2D eigenvalue weighted by Crippen LogP contribution is 2.20. The van der Waals surface area contributed by atoms with Crippen LogP contribution in [0.2, 0.25) is 0 Å². The van der Waals surface area contributed by atoms with Crippen LogP contribution < -0.4 is 10.1 Å². The van der Waals surface area contributed by atoms with E-state index in [-0.39, 0.29) is 25.8 Å². The fourth-order valence-corrected chi connectivity index (χ4v) is 3.23. The molecule has 0 unspecified atom stereocenters. The van der Waals surface area contributed by atoms with Crippen molar-refractivity contribution in [2.45, 2.75) is 71.3 Å². The predicted molar refractivity (Wildman–Crippen MR) is 119 cm³/mol. The first-order valence-electron chi connectivity index (χ1n) is 11.1. The zero-order valence-corrected chi connectivity index (χ0v) is 19.4. The number of rotatable bonds is 16. The standard InChI is InChI=1S/C24H36FNO6/c1-19(27)26-24(17-31-20(2)28,18-32-21(3)29)14-13-22-9-11-23(12-10-22)30-16-8-6-4-5-7-15-25/h9-12H,4-8,13-18H2,1-3H3,(H,26,27). The van der Waals surface area contributed by atoms with Gasteiger partial charge in [0, 0.05) is 20.8 Å². The highest BCUT2D eigenvalue weighted by atomic mass is 19.1. The molecule has 0 bridgehead atoms. The van der Waals surface area contributed by atoms with Crippen molar-refractivity contribution in [3.63, 3.8) is 0 Å². The van der Waals surface area contributed by atoms with E-state index in [1.165, 1.54) is 20.8 Å². The zero-order valence-electron chi connectivity index (χ0n) is 19.4. The topological polar surface area (TPSA) is 90.9 Å². The summed E-state index contributed by atoms with van der Waals surface area (Å²) >= 11 is 0. The molecule has 1 rings (SSSR count). The van der Waals surface area contributed by atoms with Crippen LogP contribution in [0.1, 0.15) is 64.9 Å². The number of carbonyl (C=O) groups is 3. The van der Waals surface area contributed by atoms with Crippen LogP contribution in [0, 0.1) is 0 Å². The summed E-state index contributed by atoms with van der Waals surface area (Å²) < 4.78 is 28.1. The third kappa shape index (κ3) is 12.3. The normalized spacial score (nSPS) is 11.0. The molecule has 1 aromatic rings. The number of hydrogen-bond acceptors (Lipinski definition) is 6. The number of unbranched alkanes of at least 4 members (excludes halogenated alkanes) is 4. The third-order valence-corrected chi connectivity index (χ3v) is 4.91. The monoisotopic (exact) mass is 453 g/mol. The van der Waals surface area contributed by atoms with Gasteiger partial charge in [-0.05, 0) is 43.4 Å². The summed E-state index contributed by atoms with van der Waals surface area (Å²) in [6, 6.07) is 7.65. The number of benzene rings is 1. The highest BCUT2D eigenvalue weighted by Gasteiger charge is 2.34. The summed E-state index contributed by atoms with van der Waals surface area (Å²) in [4.78, 5) is 34.4. The van der Waals surface area contributed by atoms with Gasteiger partial charge >= 0.3 is 11.9 Å². The molecule has 0 aromatic heterocycles. The predicted octanol–water partition coefficient (Wildman–Crippen LogP) is 3.92. The van der Waals surface area contributed by atoms with E-state index < -0.39 is 17.5 Å². The van der Waals surface area contributed by atoms with E-state index in [1.807, 2.05) is 24.3 Å². The minimum atomic E-state index is -1.01. The minimum absolute atomic E-state index is 0.0955. The lowest BCUT2D eigenvalue weighted by atomic mass is 9.92. The van der Waals surface area contributed by atoms with Crippen molar-refractivity contribution < 1.29 is 33.0 Å². The molecule has 32 heavy (non-hydrogen) atoms. The molecule has 0 fully saturated rings. The van der Waals surface area contributed by atoms with Crippen LogP contribution in [0.5, 0.6) is 5.75 Å². The van der Waals surface area contributed by atoms with Crippen LogP contribution in [-0.2, 0) is 30.3 Å². The number of carbonyl (C=O) groups excluding carboxylic acids is 3. The van der Waals surface area contributed by atoms with Crippen LogP contribution in [0.4, 0.5) is 4.39 Å². The van der Waals surface area contributed by atoms with E-state index in [2.05, 4.69) is 5.32 Å². The first-order valence-corrected chi connectivity index (χ1v) is 11.1. The van der Waals surface area contributed by atoms with Crippen molar-refractivity contribution in [1.29, 1.82) is 0 Å². The molecule has 1 amide bonds. The molecule has 0 radical (unpaired) electrons. The third-order valence-electron chi connectivity index (χ3n) is 4.91. The Kier molecular flexibility index (Phi) is 13.0. The lowest BCUT2D eigenvalue weighted by Crippen LogP contribution is -2.55. The van der Waals surface area contributed by atoms with Crippen LogP contribution in [-0.4, -0.2) is 49.9 Å². The Morgan fingerprint density at radius 2 is 1.44 bits per heavy atom. The van der Waals surface area contributed by atoms with Gasteiger partial charge in [-0.2, -0.15) is 0 Å². The summed E-state index contributed by atoms with van der Waals surface area (Å²) in [7, 11) is 0. The average molecular weight is 454 g/mol. The smallest absolute Gasteiger partial charge is 0.302 e. The van der Waals surface area contributed by atoms with Gasteiger partial charge in [-0.25, -0.2) is 0 Å². The lowest BCUT2D eigenvalue weighted by Gasteiger charge is -2.33. The Bertz CT molecular complexity index is 689. The summed E-state index contributed by atoms with van der Waals surface area (Å²) in [5.41, 5.74) is -0.00974. The molecular weight excluding hydrogens is 417 g/mol. The number of hydrogen-bond donors (Lipinski definition) is 1. The Morgan fingerprint density at radius 3 is 1.97 bits per heavy atom. The van der Waals surface area contributed by atoms with Gasteiger partial charge in [0.15, 0.2) is 0 Å². The maximum Gasteiger partial charge on any atom is 0.302 e. The van der Waals surface area contributed by atoms with Gasteiger partial charge in [0.1, 0.15) is 24.5 Å². The maximum absolute atomic E-state index is 12.1. The van der Waals surface area contributed by atoms with Crippen LogP contribution in [0.3, 0.4) is 0 Å². The maximum atomic E-state index is 12.1. The van der Waals surface area contributed by atoms with Gasteiger partial charge in [0.05, 0.1) is 13.3 Å². The second-order valence-electron chi connectivity index (χ2n) is 7.97. The molecule has 1 N–H and O–H groups in total. The summed E-state index contributed by atoms with van der Waals surface area (Å²) in [6.45, 7) is 4.11. The fraction of sp³-hybridized carbons (Fsp3) is 0.625. The SMILES string of the molecule is CC(=O)NC(CCc1ccc(OCCCCCCCF)cc1)(COC(C)=O)COC(C)=O. The average Bonchev–Trinajstić information content (AvgIpc) is 2.74. The van der Waals surface area contributed by atoms with E-state index in [0.717, 1.165) is 37.0 Å². The molecule has 0 saturated carbocycles. The quantitative estimate of drug-likeness (QED) is 0.301. The van der Waals surface area contributed by atoms with Crippen molar-refractivity contribution in [2.75, 3.05) is 26.5 Å². The molecule has 1 aromatic carbocycles. The highest BCUT2D eigenvalue weighted by molar-refractivity contribution is 5.74. The number of halogens is 1. The number of ether oxygens (including phenoxy) is 3. The van der Waals surface area contributed by atoms with E-state index in [9.17, 15) is 18.8 Å². The lowest BCUT2D eigenvalue weighted by molar-refractivity contribution is -0.150. The zero-order chi connectivity index (χ0) is 23.8. The second-order valence-corrected chi connectivity index (χ2v) is 7.97. The summed E-state index contributed by atoms with van der Waals surface area (Å²) in [6.07, 6.45) is 5.49. The van der Waals surface area contributed by atoms with Crippen molar-refractivity contribution in [1.82, 2.24) is 5.32 Å². The first-order chi connectivity index (χ1) is 15.3. The molecule has 0 aliphatic rings. The number of aryl methyl sites for hydroxylation is 1. The van der Waals surface area contributed by atoms with Crippen molar-refractivity contribution >= 4 is 17.8 Å². The Labute approximate surface area is 190 Å². The Hall–Kier alpha value is -2.64. The number of nitrogens with one attached hydrogen (secondary N) is 1.